The van der Waals surface area contributed by atoms with E-state index in [0.717, 1.165) is 36.3 Å². The molecule has 2 aromatic carbocycles. The Morgan fingerprint density at radius 3 is 2.40 bits per heavy atom. The lowest BCUT2D eigenvalue weighted by Crippen LogP contribution is -2.48. The zero-order valence-electron chi connectivity index (χ0n) is 14.8. The Kier molecular flexibility index (Phi) is 5.76. The molecule has 2 aromatic rings. The SMILES string of the molecule is Cc1cccc(N2CCN(CC(=O)Nc3ccc(Br)cc3)CC2)c1C. The normalized spacial score (nSPS) is 15.2. The van der Waals surface area contributed by atoms with Gasteiger partial charge >= 0.3 is 0 Å². The number of hydrogen-bond acceptors (Lipinski definition) is 3. The second kappa shape index (κ2) is 8.02. The van der Waals surface area contributed by atoms with E-state index < -0.39 is 0 Å². The first-order chi connectivity index (χ1) is 12.0. The number of piperazine rings is 1. The van der Waals surface area contributed by atoms with Gasteiger partial charge in [0.05, 0.1) is 6.54 Å². The second-order valence-corrected chi connectivity index (χ2v) is 7.45. The van der Waals surface area contributed by atoms with E-state index in [0.29, 0.717) is 6.54 Å². The van der Waals surface area contributed by atoms with E-state index in [1.807, 2.05) is 24.3 Å². The zero-order valence-corrected chi connectivity index (χ0v) is 16.3. The van der Waals surface area contributed by atoms with Gasteiger partial charge in [0.1, 0.15) is 0 Å². The average molecular weight is 402 g/mol. The molecular formula is C20H24BrN3O. The van der Waals surface area contributed by atoms with Gasteiger partial charge in [-0.2, -0.15) is 0 Å². The quantitative estimate of drug-likeness (QED) is 0.845. The van der Waals surface area contributed by atoms with E-state index in [4.69, 9.17) is 0 Å². The standard InChI is InChI=1S/C20H24BrN3O/c1-15-4-3-5-19(16(15)2)24-12-10-23(11-13-24)14-20(25)22-18-8-6-17(21)7-9-18/h3-9H,10-14H2,1-2H3,(H,22,25). The smallest absolute Gasteiger partial charge is 0.238 e. The van der Waals surface area contributed by atoms with Gasteiger partial charge in [0, 0.05) is 42.0 Å². The molecule has 1 N–H and O–H groups in total. The molecule has 132 valence electrons. The summed E-state index contributed by atoms with van der Waals surface area (Å²) >= 11 is 3.40. The van der Waals surface area contributed by atoms with Crippen LogP contribution in [0, 0.1) is 13.8 Å². The van der Waals surface area contributed by atoms with Gasteiger partial charge in [-0.3, -0.25) is 9.69 Å². The minimum atomic E-state index is 0.0440. The summed E-state index contributed by atoms with van der Waals surface area (Å²) in [5.74, 6) is 0.0440. The summed E-state index contributed by atoms with van der Waals surface area (Å²) in [6.07, 6.45) is 0. The fourth-order valence-electron chi connectivity index (χ4n) is 3.16. The van der Waals surface area contributed by atoms with Gasteiger partial charge in [-0.15, -0.1) is 0 Å². The van der Waals surface area contributed by atoms with Crippen LogP contribution in [0.15, 0.2) is 46.9 Å². The van der Waals surface area contributed by atoms with Gasteiger partial charge in [0.2, 0.25) is 5.91 Å². The highest BCUT2D eigenvalue weighted by atomic mass is 79.9. The number of nitrogens with zero attached hydrogens (tertiary/aromatic N) is 2. The lowest BCUT2D eigenvalue weighted by molar-refractivity contribution is -0.117. The number of carbonyl (C=O) groups excluding carboxylic acids is 1. The van der Waals surface area contributed by atoms with Crippen molar-refractivity contribution in [3.05, 3.63) is 58.1 Å². The van der Waals surface area contributed by atoms with Crippen LogP contribution in [-0.4, -0.2) is 43.5 Å². The van der Waals surface area contributed by atoms with Crippen molar-refractivity contribution in [2.24, 2.45) is 0 Å². The molecule has 0 aliphatic carbocycles. The molecule has 1 amide bonds. The van der Waals surface area contributed by atoms with E-state index >= 15 is 0 Å². The van der Waals surface area contributed by atoms with E-state index in [-0.39, 0.29) is 5.91 Å². The first-order valence-corrected chi connectivity index (χ1v) is 9.41. The molecule has 1 heterocycles. The molecule has 0 spiro atoms. The van der Waals surface area contributed by atoms with Crippen molar-refractivity contribution in [2.75, 3.05) is 42.9 Å². The van der Waals surface area contributed by atoms with E-state index in [1.165, 1.54) is 16.8 Å². The van der Waals surface area contributed by atoms with Crippen molar-refractivity contribution in [1.29, 1.82) is 0 Å². The molecule has 4 nitrogen and oxygen atoms in total. The van der Waals surface area contributed by atoms with E-state index in [1.54, 1.807) is 0 Å². The van der Waals surface area contributed by atoms with Crippen LogP contribution in [0.3, 0.4) is 0 Å². The lowest BCUT2D eigenvalue weighted by Gasteiger charge is -2.36. The van der Waals surface area contributed by atoms with E-state index in [9.17, 15) is 4.79 Å². The molecule has 0 radical (unpaired) electrons. The molecule has 0 aromatic heterocycles. The van der Waals surface area contributed by atoms with Gasteiger partial charge in [-0.05, 0) is 55.3 Å². The first kappa shape index (κ1) is 18.0. The lowest BCUT2D eigenvalue weighted by atomic mass is 10.1. The molecule has 1 aliphatic heterocycles. The fraction of sp³-hybridized carbons (Fsp3) is 0.350. The Hall–Kier alpha value is -1.85. The highest BCUT2D eigenvalue weighted by molar-refractivity contribution is 9.10. The monoisotopic (exact) mass is 401 g/mol. The van der Waals surface area contributed by atoms with Crippen molar-refractivity contribution in [1.82, 2.24) is 4.90 Å². The Bertz CT molecular complexity index is 737. The number of aryl methyl sites for hydroxylation is 1. The Balaban J connectivity index is 1.51. The minimum absolute atomic E-state index is 0.0440. The first-order valence-electron chi connectivity index (χ1n) is 8.62. The Morgan fingerprint density at radius 2 is 1.72 bits per heavy atom. The van der Waals surface area contributed by atoms with Gasteiger partial charge < -0.3 is 10.2 Å². The van der Waals surface area contributed by atoms with Crippen LogP contribution >= 0.6 is 15.9 Å². The third-order valence-corrected chi connectivity index (χ3v) is 5.31. The van der Waals surface area contributed by atoms with Crippen LogP contribution in [0.1, 0.15) is 11.1 Å². The number of nitrogens with one attached hydrogen (secondary N) is 1. The Labute approximate surface area is 158 Å². The summed E-state index contributed by atoms with van der Waals surface area (Å²) in [6.45, 7) is 8.49. The second-order valence-electron chi connectivity index (χ2n) is 6.54. The summed E-state index contributed by atoms with van der Waals surface area (Å²) in [5.41, 5.74) is 4.83. The van der Waals surface area contributed by atoms with Crippen LogP contribution < -0.4 is 10.2 Å². The largest absolute Gasteiger partial charge is 0.369 e. The Morgan fingerprint density at radius 1 is 1.04 bits per heavy atom. The maximum absolute atomic E-state index is 12.2. The van der Waals surface area contributed by atoms with Crippen molar-refractivity contribution in [2.45, 2.75) is 13.8 Å². The molecular weight excluding hydrogens is 378 g/mol. The molecule has 25 heavy (non-hydrogen) atoms. The van der Waals surface area contributed by atoms with Crippen LogP contribution in [0.2, 0.25) is 0 Å². The number of anilines is 2. The molecule has 0 bridgehead atoms. The van der Waals surface area contributed by atoms with Gasteiger partial charge in [-0.25, -0.2) is 0 Å². The molecule has 1 fully saturated rings. The number of hydrogen-bond donors (Lipinski definition) is 1. The van der Waals surface area contributed by atoms with Gasteiger partial charge in [0.15, 0.2) is 0 Å². The number of halogens is 1. The minimum Gasteiger partial charge on any atom is -0.369 e. The summed E-state index contributed by atoms with van der Waals surface area (Å²) in [4.78, 5) is 16.9. The van der Waals surface area contributed by atoms with Gasteiger partial charge in [-0.1, -0.05) is 28.1 Å². The van der Waals surface area contributed by atoms with E-state index in [2.05, 4.69) is 63.1 Å². The predicted octanol–water partition coefficient (Wildman–Crippen LogP) is 3.83. The molecule has 5 heteroatoms. The maximum atomic E-state index is 12.2. The maximum Gasteiger partial charge on any atom is 0.238 e. The highest BCUT2D eigenvalue weighted by Gasteiger charge is 2.20. The summed E-state index contributed by atoms with van der Waals surface area (Å²) in [6, 6.07) is 14.1. The summed E-state index contributed by atoms with van der Waals surface area (Å²) in [5, 5.41) is 2.96. The van der Waals surface area contributed by atoms with Crippen molar-refractivity contribution in [3.63, 3.8) is 0 Å². The number of benzene rings is 2. The van der Waals surface area contributed by atoms with Crippen LogP contribution in [-0.2, 0) is 4.79 Å². The molecule has 0 atom stereocenters. The van der Waals surface area contributed by atoms with Crippen molar-refractivity contribution >= 4 is 33.2 Å². The topological polar surface area (TPSA) is 35.6 Å². The number of amides is 1. The molecule has 0 unspecified atom stereocenters. The summed E-state index contributed by atoms with van der Waals surface area (Å²) in [7, 11) is 0. The van der Waals surface area contributed by atoms with Crippen LogP contribution in [0.25, 0.3) is 0 Å². The third-order valence-electron chi connectivity index (χ3n) is 4.78. The number of rotatable bonds is 4. The molecule has 1 aliphatic rings. The predicted molar refractivity (Wildman–Crippen MR) is 107 cm³/mol. The molecule has 1 saturated heterocycles. The summed E-state index contributed by atoms with van der Waals surface area (Å²) < 4.78 is 1.01. The number of carbonyl (C=O) groups is 1. The van der Waals surface area contributed by atoms with Crippen molar-refractivity contribution < 1.29 is 4.79 Å². The van der Waals surface area contributed by atoms with Crippen molar-refractivity contribution in [3.8, 4) is 0 Å². The zero-order chi connectivity index (χ0) is 17.8. The average Bonchev–Trinajstić information content (AvgIpc) is 2.60. The fourth-order valence-corrected chi connectivity index (χ4v) is 3.43. The molecule has 3 rings (SSSR count). The highest BCUT2D eigenvalue weighted by Crippen LogP contribution is 2.23. The van der Waals surface area contributed by atoms with Crippen LogP contribution in [0.4, 0.5) is 11.4 Å². The van der Waals surface area contributed by atoms with Gasteiger partial charge in [0.25, 0.3) is 0 Å². The van der Waals surface area contributed by atoms with Crippen LogP contribution in [0.5, 0.6) is 0 Å². The third kappa shape index (κ3) is 4.61. The molecule has 0 saturated carbocycles.